The second-order valence-electron chi connectivity index (χ2n) is 6.07. The normalized spacial score (nSPS) is 11.2. The summed E-state index contributed by atoms with van der Waals surface area (Å²) in [6, 6.07) is 5.33. The maximum Gasteiger partial charge on any atom is 0.268 e. The highest BCUT2D eigenvalue weighted by Gasteiger charge is 2.19. The van der Waals surface area contributed by atoms with Crippen LogP contribution in [-0.4, -0.2) is 40.1 Å². The Balaban J connectivity index is 2.23. The van der Waals surface area contributed by atoms with Crippen LogP contribution in [0.4, 0.5) is 0 Å². The quantitative estimate of drug-likeness (QED) is 0.519. The summed E-state index contributed by atoms with van der Waals surface area (Å²) < 4.78 is 8.43. The Morgan fingerprint density at radius 2 is 2.23 bits per heavy atom. The van der Waals surface area contributed by atoms with Crippen molar-refractivity contribution in [1.82, 2.24) is 19.3 Å². The van der Waals surface area contributed by atoms with Crippen LogP contribution in [0.1, 0.15) is 22.5 Å². The summed E-state index contributed by atoms with van der Waals surface area (Å²) >= 11 is 0. The lowest BCUT2D eigenvalue weighted by Crippen LogP contribution is -2.26. The molecule has 136 valence electrons. The van der Waals surface area contributed by atoms with E-state index in [-0.39, 0.29) is 11.5 Å². The molecule has 0 saturated carbocycles. The average Bonchev–Trinajstić information content (AvgIpc) is 3.00. The van der Waals surface area contributed by atoms with Crippen LogP contribution < -0.4 is 10.9 Å². The molecule has 3 rings (SSSR count). The lowest BCUT2D eigenvalue weighted by molar-refractivity contribution is 0.0948. The van der Waals surface area contributed by atoms with Gasteiger partial charge in [-0.25, -0.2) is 4.98 Å². The van der Waals surface area contributed by atoms with Crippen LogP contribution >= 0.6 is 0 Å². The van der Waals surface area contributed by atoms with E-state index in [9.17, 15) is 9.59 Å². The number of hydrogen-bond acceptors (Lipinski definition) is 4. The first kappa shape index (κ1) is 17.9. The van der Waals surface area contributed by atoms with Crippen LogP contribution in [0.25, 0.3) is 16.7 Å². The number of ether oxygens (including phenoxy) is 1. The molecule has 3 heterocycles. The van der Waals surface area contributed by atoms with Gasteiger partial charge in [-0.15, -0.1) is 6.58 Å². The van der Waals surface area contributed by atoms with Crippen LogP contribution in [0.15, 0.2) is 41.8 Å². The lowest BCUT2D eigenvalue weighted by Gasteiger charge is -2.10. The highest BCUT2D eigenvalue weighted by Crippen LogP contribution is 2.18. The molecule has 0 aliphatic rings. The fourth-order valence-electron chi connectivity index (χ4n) is 3.00. The monoisotopic (exact) mass is 354 g/mol. The number of aromatic nitrogens is 3. The highest BCUT2D eigenvalue weighted by atomic mass is 16.5. The molecular formula is C19H22N4O3. The fourth-order valence-corrected chi connectivity index (χ4v) is 3.00. The van der Waals surface area contributed by atoms with Crippen molar-refractivity contribution in [2.75, 3.05) is 20.3 Å². The van der Waals surface area contributed by atoms with Gasteiger partial charge in [0.05, 0.1) is 5.39 Å². The van der Waals surface area contributed by atoms with Crippen LogP contribution in [0.5, 0.6) is 0 Å². The Labute approximate surface area is 150 Å². The summed E-state index contributed by atoms with van der Waals surface area (Å²) in [7, 11) is 1.63. The average molecular weight is 354 g/mol. The molecule has 0 unspecified atom stereocenters. The number of hydrogen-bond donors (Lipinski definition) is 1. The molecule has 0 atom stereocenters. The van der Waals surface area contributed by atoms with Gasteiger partial charge < -0.3 is 14.6 Å². The molecule has 0 spiro atoms. The van der Waals surface area contributed by atoms with Gasteiger partial charge in [-0.05, 0) is 31.0 Å². The number of amides is 1. The predicted octanol–water partition coefficient (Wildman–Crippen LogP) is 1.91. The van der Waals surface area contributed by atoms with Crippen molar-refractivity contribution in [2.45, 2.75) is 19.9 Å². The number of nitrogens with one attached hydrogen (secondary N) is 1. The number of methoxy groups -OCH3 is 1. The third-order valence-corrected chi connectivity index (χ3v) is 4.26. The van der Waals surface area contributed by atoms with Crippen molar-refractivity contribution in [2.24, 2.45) is 0 Å². The minimum atomic E-state index is -0.259. The summed E-state index contributed by atoms with van der Waals surface area (Å²) in [6.45, 7) is 6.95. The summed E-state index contributed by atoms with van der Waals surface area (Å²) in [5.41, 5.74) is 2.24. The third-order valence-electron chi connectivity index (χ3n) is 4.26. The molecule has 0 saturated heterocycles. The zero-order valence-electron chi connectivity index (χ0n) is 15.0. The first-order valence-corrected chi connectivity index (χ1v) is 8.47. The first-order chi connectivity index (χ1) is 12.6. The lowest BCUT2D eigenvalue weighted by atomic mass is 10.3. The van der Waals surface area contributed by atoms with Crippen LogP contribution in [-0.2, 0) is 11.3 Å². The fraction of sp³-hybridized carbons (Fsp3) is 0.316. The summed E-state index contributed by atoms with van der Waals surface area (Å²) in [5.74, 6) is -0.259. The maximum absolute atomic E-state index is 12.9. The van der Waals surface area contributed by atoms with E-state index < -0.39 is 0 Å². The number of carbonyl (C=O) groups is 1. The summed E-state index contributed by atoms with van der Waals surface area (Å²) in [5, 5.41) is 3.19. The predicted molar refractivity (Wildman–Crippen MR) is 101 cm³/mol. The van der Waals surface area contributed by atoms with E-state index in [1.165, 1.54) is 4.40 Å². The Hall–Kier alpha value is -2.93. The Morgan fingerprint density at radius 1 is 1.42 bits per heavy atom. The minimum absolute atomic E-state index is 0.183. The van der Waals surface area contributed by atoms with Crippen molar-refractivity contribution in [3.8, 4) is 0 Å². The van der Waals surface area contributed by atoms with Crippen molar-refractivity contribution in [3.63, 3.8) is 0 Å². The van der Waals surface area contributed by atoms with Gasteiger partial charge in [-0.2, -0.15) is 0 Å². The van der Waals surface area contributed by atoms with Crippen LogP contribution in [0.3, 0.4) is 0 Å². The first-order valence-electron chi connectivity index (χ1n) is 8.47. The SMILES string of the molecule is C=CCNC(=O)c1cc2c(=O)n3cccc(C)c3nc2n1CCCOC. The van der Waals surface area contributed by atoms with Gasteiger partial charge in [0, 0.05) is 33.0 Å². The van der Waals surface area contributed by atoms with Gasteiger partial charge in [0.15, 0.2) is 0 Å². The minimum Gasteiger partial charge on any atom is -0.385 e. The Kier molecular flexibility index (Phi) is 5.18. The molecule has 0 fully saturated rings. The van der Waals surface area contributed by atoms with E-state index in [0.29, 0.717) is 48.5 Å². The van der Waals surface area contributed by atoms with Crippen LogP contribution in [0.2, 0.25) is 0 Å². The third kappa shape index (κ3) is 3.13. The Morgan fingerprint density at radius 3 is 2.96 bits per heavy atom. The molecule has 7 heteroatoms. The molecule has 1 amide bonds. The molecule has 0 aromatic carbocycles. The highest BCUT2D eigenvalue weighted by molar-refractivity contribution is 5.98. The van der Waals surface area contributed by atoms with E-state index in [1.807, 2.05) is 19.1 Å². The molecule has 0 aliphatic carbocycles. The standard InChI is InChI=1S/C19H22N4O3/c1-4-8-20-18(24)15-12-14-17(22(15)10-6-11-26-3)21-16-13(2)7-5-9-23(16)19(14)25/h4-5,7,9,12H,1,6,8,10-11H2,2-3H3,(H,20,24). The number of pyridine rings is 1. The molecule has 1 N–H and O–H groups in total. The summed E-state index contributed by atoms with van der Waals surface area (Å²) in [6.07, 6.45) is 4.01. The molecule has 3 aromatic heterocycles. The molecule has 0 radical (unpaired) electrons. The molecule has 3 aromatic rings. The molecule has 7 nitrogen and oxygen atoms in total. The second-order valence-corrected chi connectivity index (χ2v) is 6.07. The number of rotatable bonds is 7. The van der Waals surface area contributed by atoms with Crippen molar-refractivity contribution >= 4 is 22.6 Å². The summed E-state index contributed by atoms with van der Waals surface area (Å²) in [4.78, 5) is 30.1. The van der Waals surface area contributed by atoms with Gasteiger partial charge >= 0.3 is 0 Å². The number of fused-ring (bicyclic) bond motifs is 2. The van der Waals surface area contributed by atoms with E-state index in [2.05, 4.69) is 16.9 Å². The van der Waals surface area contributed by atoms with Crippen LogP contribution in [0, 0.1) is 6.92 Å². The van der Waals surface area contributed by atoms with Gasteiger partial charge in [-0.1, -0.05) is 12.1 Å². The largest absolute Gasteiger partial charge is 0.385 e. The van der Waals surface area contributed by atoms with Crippen molar-refractivity contribution in [3.05, 3.63) is 58.7 Å². The zero-order valence-corrected chi connectivity index (χ0v) is 15.0. The van der Waals surface area contributed by atoms with E-state index in [1.54, 1.807) is 30.0 Å². The van der Waals surface area contributed by atoms with Gasteiger partial charge in [-0.3, -0.25) is 14.0 Å². The van der Waals surface area contributed by atoms with E-state index >= 15 is 0 Å². The molecule has 0 aliphatic heterocycles. The smallest absolute Gasteiger partial charge is 0.268 e. The van der Waals surface area contributed by atoms with Crippen molar-refractivity contribution < 1.29 is 9.53 Å². The van der Waals surface area contributed by atoms with Gasteiger partial charge in [0.1, 0.15) is 17.0 Å². The van der Waals surface area contributed by atoms with E-state index in [4.69, 9.17) is 4.74 Å². The second kappa shape index (κ2) is 7.53. The van der Waals surface area contributed by atoms with Crippen molar-refractivity contribution in [1.29, 1.82) is 0 Å². The van der Waals surface area contributed by atoms with Gasteiger partial charge in [0.25, 0.3) is 11.5 Å². The Bertz CT molecular complexity index is 1030. The topological polar surface area (TPSA) is 77.6 Å². The maximum atomic E-state index is 12.9. The van der Waals surface area contributed by atoms with Gasteiger partial charge in [0.2, 0.25) is 0 Å². The van der Waals surface area contributed by atoms with E-state index in [0.717, 1.165) is 5.56 Å². The zero-order chi connectivity index (χ0) is 18.7. The molecular weight excluding hydrogens is 332 g/mol. The number of nitrogens with zero attached hydrogens (tertiary/aromatic N) is 3. The molecule has 0 bridgehead atoms. The molecule has 26 heavy (non-hydrogen) atoms. The number of carbonyl (C=O) groups excluding carboxylic acids is 1. The number of aryl methyl sites for hydroxylation is 2.